The summed E-state index contributed by atoms with van der Waals surface area (Å²) >= 11 is 6.02. The molecule has 0 fully saturated rings. The molecule has 4 nitrogen and oxygen atoms in total. The molecule has 1 aromatic heterocycles. The van der Waals surface area contributed by atoms with Crippen molar-refractivity contribution in [3.63, 3.8) is 0 Å². The van der Waals surface area contributed by atoms with Gasteiger partial charge in [-0.15, -0.1) is 0 Å². The number of ketones is 1. The van der Waals surface area contributed by atoms with Crippen LogP contribution in [0.25, 0.3) is 0 Å². The maximum atomic E-state index is 11.2. The standard InChI is InChI=1S/C11H17ClN2O2/c1-3-9(15)4-5-11-10(12)8-13-14(11)6-7-16-2/h8H,3-7H2,1-2H3. The van der Waals surface area contributed by atoms with Crippen molar-refractivity contribution in [2.75, 3.05) is 13.7 Å². The molecular weight excluding hydrogens is 228 g/mol. The number of hydrogen-bond donors (Lipinski definition) is 0. The Bertz CT molecular complexity index is 350. The van der Waals surface area contributed by atoms with E-state index in [2.05, 4.69) is 5.10 Å². The average molecular weight is 245 g/mol. The number of carbonyl (C=O) groups is 1. The van der Waals surface area contributed by atoms with Crippen molar-refractivity contribution in [2.45, 2.75) is 32.7 Å². The van der Waals surface area contributed by atoms with Gasteiger partial charge in [0.1, 0.15) is 5.78 Å². The molecule has 0 aliphatic rings. The summed E-state index contributed by atoms with van der Waals surface area (Å²) in [5.74, 6) is 0.246. The number of halogens is 1. The molecular formula is C11H17ClN2O2. The van der Waals surface area contributed by atoms with Crippen molar-refractivity contribution in [3.05, 3.63) is 16.9 Å². The predicted octanol–water partition coefficient (Wildman–Crippen LogP) is 2.09. The van der Waals surface area contributed by atoms with Crippen LogP contribution in [0.15, 0.2) is 6.20 Å². The van der Waals surface area contributed by atoms with Crippen LogP contribution in [0.2, 0.25) is 5.02 Å². The topological polar surface area (TPSA) is 44.1 Å². The van der Waals surface area contributed by atoms with Crippen molar-refractivity contribution >= 4 is 17.4 Å². The SMILES string of the molecule is CCC(=O)CCc1c(Cl)cnn1CCOC. The van der Waals surface area contributed by atoms with E-state index in [9.17, 15) is 4.79 Å². The molecule has 5 heteroatoms. The average Bonchev–Trinajstić information content (AvgIpc) is 2.64. The van der Waals surface area contributed by atoms with Gasteiger partial charge in [-0.2, -0.15) is 5.10 Å². The highest BCUT2D eigenvalue weighted by Crippen LogP contribution is 2.17. The third-order valence-corrected chi connectivity index (χ3v) is 2.76. The van der Waals surface area contributed by atoms with Crippen LogP contribution in [0.1, 0.15) is 25.5 Å². The van der Waals surface area contributed by atoms with E-state index in [0.29, 0.717) is 37.4 Å². The molecule has 0 unspecified atom stereocenters. The van der Waals surface area contributed by atoms with Gasteiger partial charge in [-0.3, -0.25) is 9.48 Å². The van der Waals surface area contributed by atoms with Crippen molar-refractivity contribution in [3.8, 4) is 0 Å². The quantitative estimate of drug-likeness (QED) is 0.738. The van der Waals surface area contributed by atoms with Gasteiger partial charge in [0.2, 0.25) is 0 Å². The predicted molar refractivity (Wildman–Crippen MR) is 62.7 cm³/mol. The molecule has 1 heterocycles. The lowest BCUT2D eigenvalue weighted by Gasteiger charge is -2.06. The van der Waals surface area contributed by atoms with Crippen LogP contribution in [0, 0.1) is 0 Å². The molecule has 0 aromatic carbocycles. The van der Waals surface area contributed by atoms with Crippen LogP contribution in [0.3, 0.4) is 0 Å². The molecule has 0 N–H and O–H groups in total. The lowest BCUT2D eigenvalue weighted by molar-refractivity contribution is -0.118. The summed E-state index contributed by atoms with van der Waals surface area (Å²) in [7, 11) is 1.64. The summed E-state index contributed by atoms with van der Waals surface area (Å²) < 4.78 is 6.79. The fourth-order valence-electron chi connectivity index (χ4n) is 1.44. The summed E-state index contributed by atoms with van der Waals surface area (Å²) in [6.45, 7) is 3.12. The fourth-order valence-corrected chi connectivity index (χ4v) is 1.68. The van der Waals surface area contributed by atoms with Gasteiger partial charge in [-0.1, -0.05) is 18.5 Å². The van der Waals surface area contributed by atoms with Crippen LogP contribution < -0.4 is 0 Å². The van der Waals surface area contributed by atoms with Crippen molar-refractivity contribution in [1.29, 1.82) is 0 Å². The zero-order chi connectivity index (χ0) is 12.0. The summed E-state index contributed by atoms with van der Waals surface area (Å²) in [5, 5.41) is 4.78. The number of Topliss-reactive ketones (excluding diaryl/α,β-unsaturated/α-hetero) is 1. The van der Waals surface area contributed by atoms with Crippen LogP contribution >= 0.6 is 11.6 Å². The first-order valence-electron chi connectivity index (χ1n) is 5.39. The molecule has 90 valence electrons. The van der Waals surface area contributed by atoms with Gasteiger partial charge < -0.3 is 4.74 Å². The van der Waals surface area contributed by atoms with Crippen LogP contribution in [-0.4, -0.2) is 29.3 Å². The maximum Gasteiger partial charge on any atom is 0.133 e. The molecule has 16 heavy (non-hydrogen) atoms. The van der Waals surface area contributed by atoms with Gasteiger partial charge in [0.25, 0.3) is 0 Å². The molecule has 0 saturated carbocycles. The Kier molecular flexibility index (Phi) is 5.49. The minimum absolute atomic E-state index is 0.246. The van der Waals surface area contributed by atoms with Gasteiger partial charge in [0.05, 0.1) is 30.1 Å². The molecule has 0 aliphatic carbocycles. The first-order valence-corrected chi connectivity index (χ1v) is 5.77. The minimum Gasteiger partial charge on any atom is -0.383 e. The second kappa shape index (κ2) is 6.66. The normalized spacial score (nSPS) is 10.7. The highest BCUT2D eigenvalue weighted by atomic mass is 35.5. The smallest absolute Gasteiger partial charge is 0.133 e. The van der Waals surface area contributed by atoms with Crippen molar-refractivity contribution < 1.29 is 9.53 Å². The van der Waals surface area contributed by atoms with Crippen molar-refractivity contribution in [1.82, 2.24) is 9.78 Å². The van der Waals surface area contributed by atoms with E-state index in [0.717, 1.165) is 5.69 Å². The van der Waals surface area contributed by atoms with E-state index in [1.54, 1.807) is 18.0 Å². The summed E-state index contributed by atoms with van der Waals surface area (Å²) in [5.41, 5.74) is 0.917. The highest BCUT2D eigenvalue weighted by Gasteiger charge is 2.10. The first-order chi connectivity index (χ1) is 7.69. The second-order valence-electron chi connectivity index (χ2n) is 3.55. The molecule has 0 aliphatic heterocycles. The van der Waals surface area contributed by atoms with Gasteiger partial charge in [-0.25, -0.2) is 0 Å². The molecule has 1 rings (SSSR count). The maximum absolute atomic E-state index is 11.2. The van der Waals surface area contributed by atoms with E-state index in [1.165, 1.54) is 0 Å². The third-order valence-electron chi connectivity index (χ3n) is 2.44. The number of ether oxygens (including phenoxy) is 1. The summed E-state index contributed by atoms with van der Waals surface area (Å²) in [4.78, 5) is 11.2. The highest BCUT2D eigenvalue weighted by molar-refractivity contribution is 6.31. The Morgan fingerprint density at radius 3 is 3.00 bits per heavy atom. The molecule has 0 atom stereocenters. The Labute approximate surface area is 101 Å². The lowest BCUT2D eigenvalue weighted by atomic mass is 10.1. The largest absolute Gasteiger partial charge is 0.383 e. The fraction of sp³-hybridized carbons (Fsp3) is 0.636. The third kappa shape index (κ3) is 3.61. The van der Waals surface area contributed by atoms with E-state index >= 15 is 0 Å². The molecule has 1 aromatic rings. The summed E-state index contributed by atoms with van der Waals surface area (Å²) in [6, 6.07) is 0. The molecule has 0 saturated heterocycles. The van der Waals surface area contributed by atoms with Gasteiger partial charge in [-0.05, 0) is 6.42 Å². The second-order valence-corrected chi connectivity index (χ2v) is 3.95. The number of nitrogens with zero attached hydrogens (tertiary/aromatic N) is 2. The van der Waals surface area contributed by atoms with Crippen LogP contribution in [0.5, 0.6) is 0 Å². The number of aromatic nitrogens is 2. The Hall–Kier alpha value is -0.870. The van der Waals surface area contributed by atoms with E-state index in [4.69, 9.17) is 16.3 Å². The summed E-state index contributed by atoms with van der Waals surface area (Å²) in [6.07, 6.45) is 3.36. The molecule has 0 radical (unpaired) electrons. The number of hydrogen-bond acceptors (Lipinski definition) is 3. The monoisotopic (exact) mass is 244 g/mol. The number of carbonyl (C=O) groups excluding carboxylic acids is 1. The van der Waals surface area contributed by atoms with E-state index < -0.39 is 0 Å². The molecule has 0 spiro atoms. The van der Waals surface area contributed by atoms with Gasteiger partial charge in [0, 0.05) is 20.0 Å². The lowest BCUT2D eigenvalue weighted by Crippen LogP contribution is -2.11. The van der Waals surface area contributed by atoms with E-state index in [1.807, 2.05) is 6.92 Å². The zero-order valence-corrected chi connectivity index (χ0v) is 10.5. The zero-order valence-electron chi connectivity index (χ0n) is 9.70. The Morgan fingerprint density at radius 2 is 2.38 bits per heavy atom. The Balaban J connectivity index is 2.62. The van der Waals surface area contributed by atoms with Crippen LogP contribution in [-0.2, 0) is 22.5 Å². The molecule has 0 bridgehead atoms. The van der Waals surface area contributed by atoms with Crippen molar-refractivity contribution in [2.24, 2.45) is 0 Å². The van der Waals surface area contributed by atoms with Crippen LogP contribution in [0.4, 0.5) is 0 Å². The Morgan fingerprint density at radius 1 is 1.62 bits per heavy atom. The first kappa shape index (κ1) is 13.2. The minimum atomic E-state index is 0.246. The van der Waals surface area contributed by atoms with Gasteiger partial charge >= 0.3 is 0 Å². The van der Waals surface area contributed by atoms with Gasteiger partial charge in [0.15, 0.2) is 0 Å². The number of rotatable bonds is 7. The van der Waals surface area contributed by atoms with E-state index in [-0.39, 0.29) is 5.78 Å². The molecule has 0 amide bonds. The number of methoxy groups -OCH3 is 1.